The van der Waals surface area contributed by atoms with Gasteiger partial charge in [-0.3, -0.25) is 0 Å². The van der Waals surface area contributed by atoms with Crippen molar-refractivity contribution in [1.29, 1.82) is 0 Å². The van der Waals surface area contributed by atoms with Gasteiger partial charge in [0.1, 0.15) is 5.82 Å². The van der Waals surface area contributed by atoms with E-state index >= 15 is 0 Å². The highest BCUT2D eigenvalue weighted by Crippen LogP contribution is 2.34. The zero-order chi connectivity index (χ0) is 10.7. The largest absolute Gasteiger partial charge is 0.368 e. The summed E-state index contributed by atoms with van der Waals surface area (Å²) in [7, 11) is 4.31. The third-order valence-corrected chi connectivity index (χ3v) is 2.99. The molecule has 1 saturated carbocycles. The van der Waals surface area contributed by atoms with E-state index in [0.717, 1.165) is 18.3 Å². The lowest BCUT2D eigenvalue weighted by Gasteiger charge is -2.24. The van der Waals surface area contributed by atoms with Crippen molar-refractivity contribution in [2.24, 2.45) is 5.92 Å². The van der Waals surface area contributed by atoms with Crippen LogP contribution in [0.1, 0.15) is 12.8 Å². The molecule has 0 saturated heterocycles. The van der Waals surface area contributed by atoms with Crippen LogP contribution in [0.2, 0.25) is 0 Å². The monoisotopic (exact) mass is 205 g/mol. The van der Waals surface area contributed by atoms with Gasteiger partial charge in [0, 0.05) is 18.8 Å². The first-order chi connectivity index (χ1) is 7.27. The Morgan fingerprint density at radius 3 is 2.80 bits per heavy atom. The molecule has 1 fully saturated rings. The van der Waals surface area contributed by atoms with E-state index < -0.39 is 0 Å². The molecular formula is C12H19N3. The summed E-state index contributed by atoms with van der Waals surface area (Å²) in [6, 6.07) is 6.61. The second-order valence-corrected chi connectivity index (χ2v) is 4.46. The van der Waals surface area contributed by atoms with Gasteiger partial charge in [-0.05, 0) is 45.0 Å². The van der Waals surface area contributed by atoms with E-state index in [9.17, 15) is 0 Å². The summed E-state index contributed by atoms with van der Waals surface area (Å²) in [6.45, 7) is 0.995. The van der Waals surface area contributed by atoms with Gasteiger partial charge in [0.05, 0.1) is 0 Å². The summed E-state index contributed by atoms with van der Waals surface area (Å²) in [5.41, 5.74) is 0. The highest BCUT2D eigenvalue weighted by molar-refractivity contribution is 5.33. The number of anilines is 1. The van der Waals surface area contributed by atoms with E-state index in [1.807, 2.05) is 24.4 Å². The molecule has 1 atom stereocenters. The molecule has 0 aliphatic heterocycles. The summed E-state index contributed by atoms with van der Waals surface area (Å²) in [5, 5.41) is 3.39. The number of hydrogen-bond acceptors (Lipinski definition) is 3. The van der Waals surface area contributed by atoms with Gasteiger partial charge in [-0.1, -0.05) is 6.07 Å². The van der Waals surface area contributed by atoms with E-state index in [0.29, 0.717) is 6.04 Å². The number of likely N-dealkylation sites (N-methyl/N-ethyl adjacent to an activating group) is 1. The Labute approximate surface area is 91.5 Å². The fraction of sp³-hybridized carbons (Fsp3) is 0.583. The first-order valence-electron chi connectivity index (χ1n) is 5.58. The predicted molar refractivity (Wildman–Crippen MR) is 62.9 cm³/mol. The molecule has 1 N–H and O–H groups in total. The quantitative estimate of drug-likeness (QED) is 0.795. The molecule has 3 heteroatoms. The van der Waals surface area contributed by atoms with Crippen molar-refractivity contribution in [3.8, 4) is 0 Å². The van der Waals surface area contributed by atoms with Gasteiger partial charge in [-0.25, -0.2) is 4.98 Å². The van der Waals surface area contributed by atoms with Crippen molar-refractivity contribution in [3.05, 3.63) is 24.4 Å². The zero-order valence-corrected chi connectivity index (χ0v) is 9.48. The molecule has 2 rings (SSSR count). The molecule has 0 unspecified atom stereocenters. The summed E-state index contributed by atoms with van der Waals surface area (Å²) in [5.74, 6) is 1.86. The minimum Gasteiger partial charge on any atom is -0.368 e. The summed E-state index contributed by atoms with van der Waals surface area (Å²) in [4.78, 5) is 6.57. The number of pyridine rings is 1. The Balaban J connectivity index is 1.85. The summed E-state index contributed by atoms with van der Waals surface area (Å²) < 4.78 is 0. The third kappa shape index (κ3) is 2.93. The number of nitrogens with zero attached hydrogens (tertiary/aromatic N) is 2. The van der Waals surface area contributed by atoms with Crippen LogP contribution in [0.15, 0.2) is 24.4 Å². The van der Waals surface area contributed by atoms with Gasteiger partial charge in [0.2, 0.25) is 0 Å². The van der Waals surface area contributed by atoms with Gasteiger partial charge in [0.15, 0.2) is 0 Å². The molecule has 0 amide bonds. The van der Waals surface area contributed by atoms with Crippen LogP contribution >= 0.6 is 0 Å². The van der Waals surface area contributed by atoms with Crippen molar-refractivity contribution < 1.29 is 0 Å². The number of nitrogens with one attached hydrogen (secondary N) is 1. The van der Waals surface area contributed by atoms with Crippen LogP contribution in [0.3, 0.4) is 0 Å². The molecule has 1 aromatic rings. The topological polar surface area (TPSA) is 28.2 Å². The van der Waals surface area contributed by atoms with Crippen LogP contribution in [-0.2, 0) is 0 Å². The van der Waals surface area contributed by atoms with Crippen LogP contribution in [0.25, 0.3) is 0 Å². The molecule has 0 bridgehead atoms. The average molecular weight is 205 g/mol. The predicted octanol–water partition coefficient (Wildman–Crippen LogP) is 1.83. The number of aromatic nitrogens is 1. The third-order valence-electron chi connectivity index (χ3n) is 2.99. The Hall–Kier alpha value is -1.09. The zero-order valence-electron chi connectivity index (χ0n) is 9.48. The normalized spacial score (nSPS) is 17.8. The van der Waals surface area contributed by atoms with E-state index in [2.05, 4.69) is 29.3 Å². The molecule has 3 nitrogen and oxygen atoms in total. The Bertz CT molecular complexity index is 291. The second-order valence-electron chi connectivity index (χ2n) is 4.46. The van der Waals surface area contributed by atoms with Crippen molar-refractivity contribution in [3.63, 3.8) is 0 Å². The SMILES string of the molecule is CN(C)[C@H](CNc1ccccn1)C1CC1. The maximum Gasteiger partial charge on any atom is 0.125 e. The molecular weight excluding hydrogens is 186 g/mol. The maximum absolute atomic E-state index is 4.26. The summed E-state index contributed by atoms with van der Waals surface area (Å²) >= 11 is 0. The molecule has 0 radical (unpaired) electrons. The van der Waals surface area contributed by atoms with Gasteiger partial charge in [-0.2, -0.15) is 0 Å². The Morgan fingerprint density at radius 2 is 2.27 bits per heavy atom. The molecule has 1 heterocycles. The molecule has 82 valence electrons. The fourth-order valence-electron chi connectivity index (χ4n) is 1.93. The van der Waals surface area contributed by atoms with Crippen molar-refractivity contribution in [1.82, 2.24) is 9.88 Å². The number of hydrogen-bond donors (Lipinski definition) is 1. The molecule has 0 spiro atoms. The van der Waals surface area contributed by atoms with Crippen LogP contribution < -0.4 is 5.32 Å². The maximum atomic E-state index is 4.26. The van der Waals surface area contributed by atoms with E-state index in [-0.39, 0.29) is 0 Å². The Kier molecular flexibility index (Phi) is 3.21. The van der Waals surface area contributed by atoms with Gasteiger partial charge >= 0.3 is 0 Å². The minimum absolute atomic E-state index is 0.645. The Morgan fingerprint density at radius 1 is 1.47 bits per heavy atom. The second kappa shape index (κ2) is 4.62. The van der Waals surface area contributed by atoms with E-state index in [1.54, 1.807) is 0 Å². The van der Waals surface area contributed by atoms with Crippen molar-refractivity contribution in [2.75, 3.05) is 26.0 Å². The lowest BCUT2D eigenvalue weighted by molar-refractivity contribution is 0.276. The first-order valence-corrected chi connectivity index (χ1v) is 5.58. The van der Waals surface area contributed by atoms with Gasteiger partial charge < -0.3 is 10.2 Å². The van der Waals surface area contributed by atoms with Crippen molar-refractivity contribution in [2.45, 2.75) is 18.9 Å². The van der Waals surface area contributed by atoms with Crippen LogP contribution in [-0.4, -0.2) is 36.6 Å². The lowest BCUT2D eigenvalue weighted by Crippen LogP contribution is -2.36. The molecule has 1 aromatic heterocycles. The van der Waals surface area contributed by atoms with Crippen LogP contribution in [0, 0.1) is 5.92 Å². The van der Waals surface area contributed by atoms with E-state index in [1.165, 1.54) is 12.8 Å². The van der Waals surface area contributed by atoms with Gasteiger partial charge in [0.25, 0.3) is 0 Å². The summed E-state index contributed by atoms with van der Waals surface area (Å²) in [6.07, 6.45) is 4.59. The fourth-order valence-corrected chi connectivity index (χ4v) is 1.93. The molecule has 0 aromatic carbocycles. The van der Waals surface area contributed by atoms with E-state index in [4.69, 9.17) is 0 Å². The van der Waals surface area contributed by atoms with Crippen LogP contribution in [0.5, 0.6) is 0 Å². The van der Waals surface area contributed by atoms with Gasteiger partial charge in [-0.15, -0.1) is 0 Å². The molecule has 1 aliphatic rings. The number of rotatable bonds is 5. The molecule has 15 heavy (non-hydrogen) atoms. The standard InChI is InChI=1S/C12H19N3/c1-15(2)11(10-6-7-10)9-14-12-5-3-4-8-13-12/h3-5,8,10-11H,6-7,9H2,1-2H3,(H,13,14)/t11-/m1/s1. The first kappa shape index (κ1) is 10.4. The highest BCUT2D eigenvalue weighted by Gasteiger charge is 2.32. The smallest absolute Gasteiger partial charge is 0.125 e. The highest BCUT2D eigenvalue weighted by atomic mass is 15.1. The lowest BCUT2D eigenvalue weighted by atomic mass is 10.1. The average Bonchev–Trinajstić information content (AvgIpc) is 3.03. The van der Waals surface area contributed by atoms with Crippen molar-refractivity contribution >= 4 is 5.82 Å². The van der Waals surface area contributed by atoms with Crippen LogP contribution in [0.4, 0.5) is 5.82 Å². The minimum atomic E-state index is 0.645. The molecule has 1 aliphatic carbocycles.